The third-order valence-corrected chi connectivity index (χ3v) is 5.08. The van der Waals surface area contributed by atoms with E-state index in [4.69, 9.17) is 0 Å². The molecule has 2 heteroatoms. The molecule has 0 bridgehead atoms. The van der Waals surface area contributed by atoms with E-state index in [-0.39, 0.29) is 51.4 Å². The van der Waals surface area contributed by atoms with Crippen molar-refractivity contribution in [3.63, 3.8) is 0 Å². The number of hydrogen-bond donors (Lipinski definition) is 0. The Hall–Kier alpha value is 1.70. The molecule has 0 saturated carbocycles. The van der Waals surface area contributed by atoms with Crippen LogP contribution in [0.2, 0.25) is 17.5 Å². The molecule has 0 unspecified atom stereocenters. The van der Waals surface area contributed by atoms with Crippen molar-refractivity contribution in [1.29, 1.82) is 0 Å². The Morgan fingerprint density at radius 3 is 1.14 bits per heavy atom. The molecule has 0 radical (unpaired) electrons. The zero-order chi connectivity index (χ0) is 8.67. The molecule has 3 saturated heterocycles. The summed E-state index contributed by atoms with van der Waals surface area (Å²) in [5.41, 5.74) is 0. The SMILES string of the molecule is C1CC2CCCC3CCCC(C1)B23.[K+]. The van der Waals surface area contributed by atoms with Crippen LogP contribution in [0.1, 0.15) is 57.8 Å². The summed E-state index contributed by atoms with van der Waals surface area (Å²) in [4.78, 5) is 0. The van der Waals surface area contributed by atoms with Crippen molar-refractivity contribution in [3.05, 3.63) is 0 Å². The van der Waals surface area contributed by atoms with Crippen molar-refractivity contribution in [3.8, 4) is 0 Å². The molecule has 14 heavy (non-hydrogen) atoms. The number of hydrogen-bond acceptors (Lipinski definition) is 0. The summed E-state index contributed by atoms with van der Waals surface area (Å²) in [7, 11) is 0. The van der Waals surface area contributed by atoms with E-state index in [0.717, 1.165) is 17.5 Å². The smallest absolute Gasteiger partial charge is 0.0617 e. The first-order valence-corrected chi connectivity index (χ1v) is 6.45. The van der Waals surface area contributed by atoms with Crippen molar-refractivity contribution in [1.82, 2.24) is 0 Å². The monoisotopic (exact) mass is 215 g/mol. The first-order valence-electron chi connectivity index (χ1n) is 6.45. The van der Waals surface area contributed by atoms with Gasteiger partial charge in [0.25, 0.3) is 0 Å². The molecule has 0 aromatic rings. The van der Waals surface area contributed by atoms with Gasteiger partial charge in [-0.1, -0.05) is 75.2 Å². The van der Waals surface area contributed by atoms with Gasteiger partial charge in [0.1, 0.15) is 6.71 Å². The van der Waals surface area contributed by atoms with E-state index in [9.17, 15) is 0 Å². The van der Waals surface area contributed by atoms with Gasteiger partial charge in [-0.05, 0) is 0 Å². The summed E-state index contributed by atoms with van der Waals surface area (Å²) >= 11 is 0. The Kier molecular flexibility index (Phi) is 4.65. The molecule has 0 nitrogen and oxygen atoms in total. The van der Waals surface area contributed by atoms with Crippen LogP contribution in [0.5, 0.6) is 0 Å². The Morgan fingerprint density at radius 2 is 0.857 bits per heavy atom. The van der Waals surface area contributed by atoms with E-state index < -0.39 is 0 Å². The van der Waals surface area contributed by atoms with Crippen LogP contribution in [0.4, 0.5) is 0 Å². The van der Waals surface area contributed by atoms with E-state index in [1.54, 1.807) is 57.8 Å². The van der Waals surface area contributed by atoms with Gasteiger partial charge in [-0.2, -0.15) is 0 Å². The van der Waals surface area contributed by atoms with Crippen molar-refractivity contribution >= 4 is 6.71 Å². The summed E-state index contributed by atoms with van der Waals surface area (Å²) in [5, 5.41) is 0. The molecule has 3 rings (SSSR count). The van der Waals surface area contributed by atoms with Crippen LogP contribution in [-0.4, -0.2) is 6.71 Å². The van der Waals surface area contributed by atoms with Crippen LogP contribution in [-0.2, 0) is 0 Å². The fourth-order valence-corrected chi connectivity index (χ4v) is 4.67. The van der Waals surface area contributed by atoms with Gasteiger partial charge in [0.15, 0.2) is 0 Å². The summed E-state index contributed by atoms with van der Waals surface area (Å²) in [6.07, 6.45) is 14.1. The van der Waals surface area contributed by atoms with Crippen molar-refractivity contribution in [2.45, 2.75) is 75.2 Å². The Balaban J connectivity index is 0.000000750. The summed E-state index contributed by atoms with van der Waals surface area (Å²) in [5.74, 6) is 3.49. The zero-order valence-corrected chi connectivity index (χ0v) is 12.8. The molecule has 0 spiro atoms. The quantitative estimate of drug-likeness (QED) is 0.532. The van der Waals surface area contributed by atoms with Gasteiger partial charge in [0, 0.05) is 0 Å². The van der Waals surface area contributed by atoms with Gasteiger partial charge >= 0.3 is 51.4 Å². The van der Waals surface area contributed by atoms with Gasteiger partial charge in [0.05, 0.1) is 0 Å². The molecule has 0 aromatic heterocycles. The van der Waals surface area contributed by atoms with Crippen LogP contribution in [0.3, 0.4) is 0 Å². The van der Waals surface area contributed by atoms with E-state index in [2.05, 4.69) is 0 Å². The molecule has 72 valence electrons. The third-order valence-electron chi connectivity index (χ3n) is 5.08. The Morgan fingerprint density at radius 1 is 0.571 bits per heavy atom. The van der Waals surface area contributed by atoms with Crippen molar-refractivity contribution in [2.24, 2.45) is 0 Å². The summed E-state index contributed by atoms with van der Waals surface area (Å²) in [6, 6.07) is 0. The van der Waals surface area contributed by atoms with Gasteiger partial charge < -0.3 is 0 Å². The topological polar surface area (TPSA) is 0 Å². The first kappa shape index (κ1) is 12.2. The van der Waals surface area contributed by atoms with Crippen LogP contribution in [0, 0.1) is 0 Å². The average molecular weight is 215 g/mol. The minimum atomic E-state index is 0. The van der Waals surface area contributed by atoms with Crippen LogP contribution < -0.4 is 51.4 Å². The summed E-state index contributed by atoms with van der Waals surface area (Å²) < 4.78 is 0. The van der Waals surface area contributed by atoms with Gasteiger partial charge in [-0.3, -0.25) is 0 Å². The second kappa shape index (κ2) is 5.36. The molecule has 0 atom stereocenters. The van der Waals surface area contributed by atoms with Crippen LogP contribution in [0.25, 0.3) is 0 Å². The fourth-order valence-electron chi connectivity index (χ4n) is 4.67. The minimum Gasteiger partial charge on any atom is -0.0617 e. The normalized spacial score (nSPS) is 41.1. The standard InChI is InChI=1S/C12H21B.K/c1-4-10-6-2-8-12-9-3-7-11(5-1)13(10)12;/h10-12H,1-9H2;/q;+1. The van der Waals surface area contributed by atoms with Crippen LogP contribution in [0.15, 0.2) is 0 Å². The third kappa shape index (κ3) is 2.20. The molecule has 0 aromatic carbocycles. The minimum absolute atomic E-state index is 0. The second-order valence-corrected chi connectivity index (χ2v) is 5.65. The fraction of sp³-hybridized carbons (Fsp3) is 1.00. The molecular weight excluding hydrogens is 194 g/mol. The zero-order valence-electron chi connectivity index (χ0n) is 9.67. The van der Waals surface area contributed by atoms with Crippen LogP contribution >= 0.6 is 0 Å². The van der Waals surface area contributed by atoms with Gasteiger partial charge in [0.2, 0.25) is 0 Å². The van der Waals surface area contributed by atoms with Crippen molar-refractivity contribution < 1.29 is 51.4 Å². The molecule has 0 aliphatic carbocycles. The maximum absolute atomic E-state index is 1.58. The maximum Gasteiger partial charge on any atom is 1.00 e. The predicted octanol–water partition coefficient (Wildman–Crippen LogP) is 1.15. The molecule has 3 aliphatic rings. The van der Waals surface area contributed by atoms with E-state index in [1.807, 2.05) is 0 Å². The molecule has 3 heterocycles. The average Bonchev–Trinajstić information content (AvgIpc) is 2.19. The molecule has 0 N–H and O–H groups in total. The Bertz CT molecular complexity index is 149. The molecule has 0 amide bonds. The Labute approximate surface area is 131 Å². The van der Waals surface area contributed by atoms with Gasteiger partial charge in [-0.15, -0.1) is 0 Å². The van der Waals surface area contributed by atoms with Gasteiger partial charge in [-0.25, -0.2) is 0 Å². The molecule has 3 aliphatic heterocycles. The van der Waals surface area contributed by atoms with E-state index in [1.165, 1.54) is 6.71 Å². The second-order valence-electron chi connectivity index (χ2n) is 5.65. The van der Waals surface area contributed by atoms with Crippen molar-refractivity contribution in [2.75, 3.05) is 0 Å². The number of rotatable bonds is 0. The molecule has 3 fully saturated rings. The largest absolute Gasteiger partial charge is 1.00 e. The first-order chi connectivity index (χ1) is 6.45. The van der Waals surface area contributed by atoms with E-state index >= 15 is 0 Å². The predicted molar refractivity (Wildman–Crippen MR) is 58.6 cm³/mol. The maximum atomic E-state index is 1.58. The molecular formula is C12H21BK+. The van der Waals surface area contributed by atoms with E-state index in [0.29, 0.717) is 0 Å². The summed E-state index contributed by atoms with van der Waals surface area (Å²) in [6.45, 7) is 1.19.